The number of fused-ring (bicyclic) bond motifs is 1. The van der Waals surface area contributed by atoms with Crippen molar-refractivity contribution < 1.29 is 0 Å². The highest BCUT2D eigenvalue weighted by Crippen LogP contribution is 2.35. The molecule has 2 aliphatic rings. The Morgan fingerprint density at radius 3 is 3.21 bits per heavy atom. The molecule has 0 amide bonds. The molecule has 1 saturated heterocycles. The zero-order chi connectivity index (χ0) is 13.7. The predicted octanol–water partition coefficient (Wildman–Crippen LogP) is 4.58. The summed E-state index contributed by atoms with van der Waals surface area (Å²) >= 11 is 8.31. The van der Waals surface area contributed by atoms with Crippen LogP contribution in [0.25, 0.3) is 0 Å². The fourth-order valence-electron chi connectivity index (χ4n) is 2.60. The van der Waals surface area contributed by atoms with Gasteiger partial charge in [-0.2, -0.15) is 0 Å². The van der Waals surface area contributed by atoms with Crippen molar-refractivity contribution in [3.05, 3.63) is 46.9 Å². The summed E-state index contributed by atoms with van der Waals surface area (Å²) in [5, 5.41) is 3.97. The van der Waals surface area contributed by atoms with Crippen LogP contribution in [-0.2, 0) is 0 Å². The normalized spacial score (nSPS) is 28.5. The SMILES string of the molecule is C=CC/C=C\C(Cl)=C(/C)CN1CCC2SC=CC2C1. The minimum Gasteiger partial charge on any atom is -0.299 e. The van der Waals surface area contributed by atoms with Crippen LogP contribution >= 0.6 is 23.4 Å². The number of hydrogen-bond acceptors (Lipinski definition) is 2. The zero-order valence-electron chi connectivity index (χ0n) is 11.5. The summed E-state index contributed by atoms with van der Waals surface area (Å²) in [4.78, 5) is 2.52. The van der Waals surface area contributed by atoms with E-state index in [2.05, 4.69) is 36.0 Å². The molecule has 2 unspecified atom stereocenters. The third-order valence-corrected chi connectivity index (χ3v) is 5.39. The van der Waals surface area contributed by atoms with Crippen LogP contribution in [0.4, 0.5) is 0 Å². The summed E-state index contributed by atoms with van der Waals surface area (Å²) in [5.74, 6) is 0.738. The molecule has 0 N–H and O–H groups in total. The van der Waals surface area contributed by atoms with Crippen molar-refractivity contribution in [1.29, 1.82) is 0 Å². The number of nitrogens with zero attached hydrogens (tertiary/aromatic N) is 1. The van der Waals surface area contributed by atoms with Gasteiger partial charge < -0.3 is 0 Å². The van der Waals surface area contributed by atoms with Crippen molar-refractivity contribution in [2.75, 3.05) is 19.6 Å². The Morgan fingerprint density at radius 1 is 1.58 bits per heavy atom. The van der Waals surface area contributed by atoms with Gasteiger partial charge in [-0.25, -0.2) is 0 Å². The van der Waals surface area contributed by atoms with Crippen LogP contribution in [0.3, 0.4) is 0 Å². The number of rotatable bonds is 5. The summed E-state index contributed by atoms with van der Waals surface area (Å²) in [5.41, 5.74) is 1.26. The molecule has 2 atom stereocenters. The van der Waals surface area contributed by atoms with Crippen LogP contribution in [-0.4, -0.2) is 29.8 Å². The predicted molar refractivity (Wildman–Crippen MR) is 87.6 cm³/mol. The van der Waals surface area contributed by atoms with Gasteiger partial charge in [-0.15, -0.1) is 18.3 Å². The molecule has 0 spiro atoms. The molecular formula is C16H22ClNS. The second-order valence-corrected chi connectivity index (χ2v) is 6.80. The first-order valence-electron chi connectivity index (χ1n) is 6.88. The van der Waals surface area contributed by atoms with Gasteiger partial charge in [0.2, 0.25) is 0 Å². The highest BCUT2D eigenvalue weighted by atomic mass is 35.5. The standard InChI is InChI=1S/C16H22ClNS/c1-3-4-5-6-15(17)13(2)11-18-9-7-16-14(12-18)8-10-19-16/h3,5-6,8,10,14,16H,1,4,7,9,11-12H2,2H3/b6-5-,15-13-. The topological polar surface area (TPSA) is 3.24 Å². The van der Waals surface area contributed by atoms with Crippen molar-refractivity contribution in [3.8, 4) is 0 Å². The van der Waals surface area contributed by atoms with Crippen LogP contribution in [0.2, 0.25) is 0 Å². The van der Waals surface area contributed by atoms with Crippen LogP contribution < -0.4 is 0 Å². The van der Waals surface area contributed by atoms with E-state index in [0.29, 0.717) is 0 Å². The Bertz CT molecular complexity index is 411. The van der Waals surface area contributed by atoms with E-state index in [1.54, 1.807) is 0 Å². The smallest absolute Gasteiger partial charge is 0.0405 e. The van der Waals surface area contributed by atoms with E-state index < -0.39 is 0 Å². The Morgan fingerprint density at radius 2 is 2.42 bits per heavy atom. The van der Waals surface area contributed by atoms with Gasteiger partial charge in [0.15, 0.2) is 0 Å². The highest BCUT2D eigenvalue weighted by molar-refractivity contribution is 8.03. The van der Waals surface area contributed by atoms with E-state index in [-0.39, 0.29) is 0 Å². The highest BCUT2D eigenvalue weighted by Gasteiger charge is 2.30. The number of halogens is 1. The van der Waals surface area contributed by atoms with Gasteiger partial charge >= 0.3 is 0 Å². The van der Waals surface area contributed by atoms with Crippen molar-refractivity contribution in [2.24, 2.45) is 5.92 Å². The van der Waals surface area contributed by atoms with Crippen molar-refractivity contribution in [2.45, 2.75) is 25.0 Å². The maximum Gasteiger partial charge on any atom is 0.0405 e. The van der Waals surface area contributed by atoms with Crippen LogP contribution in [0.5, 0.6) is 0 Å². The lowest BCUT2D eigenvalue weighted by molar-refractivity contribution is 0.219. The molecule has 1 nitrogen and oxygen atoms in total. The van der Waals surface area contributed by atoms with Gasteiger partial charge in [-0.3, -0.25) is 4.90 Å². The molecule has 0 aliphatic carbocycles. The first-order valence-corrected chi connectivity index (χ1v) is 8.20. The number of hydrogen-bond donors (Lipinski definition) is 0. The first kappa shape index (κ1) is 15.0. The fraction of sp³-hybridized carbons (Fsp3) is 0.500. The van der Waals surface area contributed by atoms with E-state index in [9.17, 15) is 0 Å². The monoisotopic (exact) mass is 295 g/mol. The molecule has 2 aliphatic heterocycles. The number of thioether (sulfide) groups is 1. The Kier molecular flexibility index (Phi) is 5.80. The molecule has 0 aromatic rings. The van der Waals surface area contributed by atoms with Gasteiger partial charge in [-0.05, 0) is 43.4 Å². The molecule has 0 bridgehead atoms. The summed E-state index contributed by atoms with van der Waals surface area (Å²) in [6.45, 7) is 9.18. The minimum atomic E-state index is 0.738. The van der Waals surface area contributed by atoms with Crippen LogP contribution in [0, 0.1) is 5.92 Å². The van der Waals surface area contributed by atoms with Crippen LogP contribution in [0.1, 0.15) is 19.8 Å². The minimum absolute atomic E-state index is 0.738. The van der Waals surface area contributed by atoms with E-state index in [1.165, 1.54) is 25.1 Å². The largest absolute Gasteiger partial charge is 0.299 e. The molecule has 1 fully saturated rings. The molecule has 2 heterocycles. The van der Waals surface area contributed by atoms with E-state index in [0.717, 1.165) is 29.2 Å². The van der Waals surface area contributed by atoms with Crippen LogP contribution in [0.15, 0.2) is 46.9 Å². The van der Waals surface area contributed by atoms with Gasteiger partial charge in [0.05, 0.1) is 0 Å². The van der Waals surface area contributed by atoms with Crippen molar-refractivity contribution in [1.82, 2.24) is 4.90 Å². The van der Waals surface area contributed by atoms with E-state index in [1.807, 2.05) is 23.9 Å². The summed E-state index contributed by atoms with van der Waals surface area (Å²) in [7, 11) is 0. The van der Waals surface area contributed by atoms with E-state index in [4.69, 9.17) is 11.6 Å². The molecular weight excluding hydrogens is 274 g/mol. The molecule has 2 rings (SSSR count). The fourth-order valence-corrected chi connectivity index (χ4v) is 3.86. The summed E-state index contributed by atoms with van der Waals surface area (Å²) in [6.07, 6.45) is 10.5. The molecule has 0 aromatic heterocycles. The summed E-state index contributed by atoms with van der Waals surface area (Å²) < 4.78 is 0. The second kappa shape index (κ2) is 7.37. The quantitative estimate of drug-likeness (QED) is 0.539. The molecule has 104 valence electrons. The average molecular weight is 296 g/mol. The van der Waals surface area contributed by atoms with Crippen molar-refractivity contribution >= 4 is 23.4 Å². The first-order chi connectivity index (χ1) is 9.20. The average Bonchev–Trinajstić information content (AvgIpc) is 2.86. The Hall–Kier alpha value is -0.440. The lowest BCUT2D eigenvalue weighted by atomic mass is 9.97. The van der Waals surface area contributed by atoms with E-state index >= 15 is 0 Å². The second-order valence-electron chi connectivity index (χ2n) is 5.25. The Labute approximate surface area is 126 Å². The number of likely N-dealkylation sites (tertiary alicyclic amines) is 1. The van der Waals surface area contributed by atoms with Gasteiger partial charge in [0, 0.05) is 29.3 Å². The molecule has 0 aromatic carbocycles. The third-order valence-electron chi connectivity index (χ3n) is 3.69. The Balaban J connectivity index is 1.87. The van der Waals surface area contributed by atoms with Gasteiger partial charge in [-0.1, -0.05) is 29.8 Å². The van der Waals surface area contributed by atoms with Gasteiger partial charge in [0.25, 0.3) is 0 Å². The lowest BCUT2D eigenvalue weighted by Gasteiger charge is -2.34. The maximum absolute atomic E-state index is 6.31. The number of allylic oxidation sites excluding steroid dienone is 4. The molecule has 0 radical (unpaired) electrons. The third kappa shape index (κ3) is 4.27. The molecule has 3 heteroatoms. The maximum atomic E-state index is 6.31. The lowest BCUT2D eigenvalue weighted by Crippen LogP contribution is -2.40. The van der Waals surface area contributed by atoms with Crippen molar-refractivity contribution in [3.63, 3.8) is 0 Å². The van der Waals surface area contributed by atoms with Gasteiger partial charge in [0.1, 0.15) is 0 Å². The molecule has 0 saturated carbocycles. The zero-order valence-corrected chi connectivity index (χ0v) is 13.1. The summed E-state index contributed by atoms with van der Waals surface area (Å²) in [6, 6.07) is 0. The molecule has 19 heavy (non-hydrogen) atoms. The number of piperidine rings is 1.